The van der Waals surface area contributed by atoms with E-state index in [0.717, 1.165) is 8.66 Å². The lowest BCUT2D eigenvalue weighted by molar-refractivity contribution is -0.136. The fourth-order valence-corrected chi connectivity index (χ4v) is 4.40. The highest BCUT2D eigenvalue weighted by Crippen LogP contribution is 2.40. The first-order chi connectivity index (χ1) is 12.4. The van der Waals surface area contributed by atoms with Crippen molar-refractivity contribution in [3.63, 3.8) is 0 Å². The van der Waals surface area contributed by atoms with Crippen molar-refractivity contribution in [1.29, 1.82) is 0 Å². The topological polar surface area (TPSA) is 55.7 Å². The van der Waals surface area contributed by atoms with Gasteiger partial charge < -0.3 is 4.84 Å². The molecule has 0 amide bonds. The minimum atomic E-state index is -0.493. The van der Waals surface area contributed by atoms with E-state index in [-0.39, 0.29) is 16.6 Å². The summed E-state index contributed by atoms with van der Waals surface area (Å²) in [7, 11) is 0. The summed E-state index contributed by atoms with van der Waals surface area (Å²) >= 11 is 4.92. The van der Waals surface area contributed by atoms with Crippen molar-refractivity contribution in [3.8, 4) is 0 Å². The average Bonchev–Trinajstić information content (AvgIpc) is 3.11. The second-order valence-electron chi connectivity index (χ2n) is 8.70. The number of carbonyl (C=O) groups is 2. The van der Waals surface area contributed by atoms with Crippen molar-refractivity contribution >= 4 is 44.7 Å². The molecule has 6 heteroatoms. The van der Waals surface area contributed by atoms with Gasteiger partial charge in [0.15, 0.2) is 5.78 Å². The molecule has 1 aliphatic heterocycles. The van der Waals surface area contributed by atoms with Crippen molar-refractivity contribution in [3.05, 3.63) is 55.2 Å². The number of oxime groups is 1. The van der Waals surface area contributed by atoms with E-state index in [9.17, 15) is 9.59 Å². The Morgan fingerprint density at radius 1 is 0.963 bits per heavy atom. The zero-order valence-corrected chi connectivity index (χ0v) is 18.7. The lowest BCUT2D eigenvalue weighted by Gasteiger charge is -2.31. The first-order valence-electron chi connectivity index (χ1n) is 8.68. The van der Waals surface area contributed by atoms with Gasteiger partial charge in [-0.2, -0.15) is 0 Å². The molecule has 27 heavy (non-hydrogen) atoms. The number of Topliss-reactive ketones (excluding diaryl/α,β-unsaturated/α-hetero) is 1. The van der Waals surface area contributed by atoms with Gasteiger partial charge in [0, 0.05) is 11.1 Å². The zero-order chi connectivity index (χ0) is 20.1. The highest BCUT2D eigenvalue weighted by molar-refractivity contribution is 9.11. The van der Waals surface area contributed by atoms with E-state index in [4.69, 9.17) is 4.84 Å². The molecular formula is C21H22BrNO3S. The van der Waals surface area contributed by atoms with Crippen molar-refractivity contribution < 1.29 is 14.4 Å². The van der Waals surface area contributed by atoms with Crippen molar-refractivity contribution in [1.82, 2.24) is 0 Å². The van der Waals surface area contributed by atoms with Crippen molar-refractivity contribution in [2.75, 3.05) is 0 Å². The van der Waals surface area contributed by atoms with Crippen LogP contribution < -0.4 is 0 Å². The number of halogens is 1. The SMILES string of the molecule is CC(C)(C)C1=CC(=C2C(=O)ON=C2c2ccc(Br)s2)C=C(C(C)(C)C)C1=O. The summed E-state index contributed by atoms with van der Waals surface area (Å²) in [4.78, 5) is 31.5. The molecule has 2 heterocycles. The molecule has 0 fully saturated rings. The fraction of sp³-hybridized carbons (Fsp3) is 0.381. The van der Waals surface area contributed by atoms with E-state index in [1.54, 1.807) is 0 Å². The maximum absolute atomic E-state index is 13.1. The highest BCUT2D eigenvalue weighted by Gasteiger charge is 2.37. The van der Waals surface area contributed by atoms with Gasteiger partial charge in [-0.1, -0.05) is 46.7 Å². The molecule has 0 N–H and O–H groups in total. The number of ketones is 1. The highest BCUT2D eigenvalue weighted by atomic mass is 79.9. The van der Waals surface area contributed by atoms with Crippen LogP contribution in [0.25, 0.3) is 0 Å². The molecule has 1 aliphatic carbocycles. The maximum Gasteiger partial charge on any atom is 0.368 e. The van der Waals surface area contributed by atoms with Crippen molar-refractivity contribution in [2.24, 2.45) is 16.0 Å². The third kappa shape index (κ3) is 3.78. The van der Waals surface area contributed by atoms with Crippen LogP contribution in [0.15, 0.2) is 55.5 Å². The van der Waals surface area contributed by atoms with Crippen LogP contribution in [0.4, 0.5) is 0 Å². The monoisotopic (exact) mass is 447 g/mol. The van der Waals surface area contributed by atoms with E-state index in [2.05, 4.69) is 21.1 Å². The van der Waals surface area contributed by atoms with Crippen LogP contribution in [0.5, 0.6) is 0 Å². The van der Waals surface area contributed by atoms with E-state index in [1.807, 2.05) is 65.8 Å². The summed E-state index contributed by atoms with van der Waals surface area (Å²) in [5.41, 5.74) is 2.26. The summed E-state index contributed by atoms with van der Waals surface area (Å²) in [6.07, 6.45) is 3.63. The van der Waals surface area contributed by atoms with Crippen LogP contribution >= 0.6 is 27.3 Å². The summed E-state index contributed by atoms with van der Waals surface area (Å²) in [5.74, 6) is -0.462. The molecule has 0 spiro atoms. The van der Waals surface area contributed by atoms with E-state index < -0.39 is 5.97 Å². The number of hydrogen-bond donors (Lipinski definition) is 0. The van der Waals surface area contributed by atoms with Gasteiger partial charge in [-0.05, 0) is 56.6 Å². The lowest BCUT2D eigenvalue weighted by atomic mass is 9.71. The first-order valence-corrected chi connectivity index (χ1v) is 10.3. The zero-order valence-electron chi connectivity index (χ0n) is 16.3. The molecule has 4 nitrogen and oxygen atoms in total. The number of allylic oxidation sites excluding steroid dienone is 5. The minimum absolute atomic E-state index is 0.0306. The van der Waals surface area contributed by atoms with Gasteiger partial charge in [-0.15, -0.1) is 11.3 Å². The molecule has 1 aromatic rings. The summed E-state index contributed by atoms with van der Waals surface area (Å²) in [6.45, 7) is 12.0. The molecule has 0 aromatic carbocycles. The Kier molecular flexibility index (Phi) is 4.93. The Hall–Kier alpha value is -1.79. The Morgan fingerprint density at radius 2 is 1.52 bits per heavy atom. The Bertz CT molecular complexity index is 926. The Morgan fingerprint density at radius 3 is 1.96 bits per heavy atom. The molecule has 0 saturated carbocycles. The van der Waals surface area contributed by atoms with Crippen LogP contribution in [0.3, 0.4) is 0 Å². The van der Waals surface area contributed by atoms with Gasteiger partial charge in [0.1, 0.15) is 5.71 Å². The van der Waals surface area contributed by atoms with Crippen LogP contribution in [0, 0.1) is 10.8 Å². The second kappa shape index (κ2) is 6.67. The summed E-state index contributed by atoms with van der Waals surface area (Å²) < 4.78 is 0.944. The maximum atomic E-state index is 13.1. The molecule has 142 valence electrons. The number of rotatable bonds is 1. The molecule has 0 bridgehead atoms. The molecule has 0 radical (unpaired) electrons. The summed E-state index contributed by atoms with van der Waals surface area (Å²) in [6, 6.07) is 3.80. The van der Waals surface area contributed by atoms with Crippen molar-refractivity contribution in [2.45, 2.75) is 41.5 Å². The molecular weight excluding hydrogens is 426 g/mol. The van der Waals surface area contributed by atoms with Gasteiger partial charge in [0.25, 0.3) is 0 Å². The second-order valence-corrected chi connectivity index (χ2v) is 11.2. The van der Waals surface area contributed by atoms with E-state index in [0.29, 0.717) is 28.0 Å². The number of carbonyl (C=O) groups excluding carboxylic acids is 2. The third-order valence-electron chi connectivity index (χ3n) is 4.46. The smallest absolute Gasteiger partial charge is 0.312 e. The first kappa shape index (κ1) is 20.0. The third-order valence-corrected chi connectivity index (χ3v) is 6.09. The summed E-state index contributed by atoms with van der Waals surface area (Å²) in [5, 5.41) is 4.01. The predicted octanol–water partition coefficient (Wildman–Crippen LogP) is 5.60. The average molecular weight is 448 g/mol. The molecule has 0 saturated heterocycles. The van der Waals surface area contributed by atoms with Gasteiger partial charge in [0.2, 0.25) is 0 Å². The van der Waals surface area contributed by atoms with E-state index in [1.165, 1.54) is 11.3 Å². The number of thiophene rings is 1. The van der Waals surface area contributed by atoms with Crippen LogP contribution in [-0.2, 0) is 14.4 Å². The number of hydrogen-bond acceptors (Lipinski definition) is 5. The molecule has 1 aromatic heterocycles. The van der Waals surface area contributed by atoms with Gasteiger partial charge in [0.05, 0.1) is 14.2 Å². The van der Waals surface area contributed by atoms with Crippen LogP contribution in [-0.4, -0.2) is 17.5 Å². The van der Waals surface area contributed by atoms with E-state index >= 15 is 0 Å². The molecule has 2 aliphatic rings. The number of nitrogens with zero attached hydrogens (tertiary/aromatic N) is 1. The molecule has 0 atom stereocenters. The minimum Gasteiger partial charge on any atom is -0.312 e. The fourth-order valence-electron chi connectivity index (χ4n) is 3.03. The Labute approximate surface area is 171 Å². The van der Waals surface area contributed by atoms with Gasteiger partial charge in [-0.25, -0.2) is 4.79 Å². The normalized spacial score (nSPS) is 18.4. The van der Waals surface area contributed by atoms with Gasteiger partial charge in [-0.3, -0.25) is 4.79 Å². The molecule has 3 rings (SSSR count). The lowest BCUT2D eigenvalue weighted by Crippen LogP contribution is -2.28. The van der Waals surface area contributed by atoms with Gasteiger partial charge >= 0.3 is 5.97 Å². The largest absolute Gasteiger partial charge is 0.368 e. The van der Waals surface area contributed by atoms with Crippen LogP contribution in [0.2, 0.25) is 0 Å². The van der Waals surface area contributed by atoms with Crippen LogP contribution in [0.1, 0.15) is 46.4 Å². The predicted molar refractivity (Wildman–Crippen MR) is 112 cm³/mol. The standard InChI is InChI=1S/C21H22BrNO3S/c1-20(2,3)12-9-11(10-13(18(12)24)21(4,5)6)16-17(23-26-19(16)25)14-7-8-15(22)27-14/h7-10H,1-6H3. The quantitative estimate of drug-likeness (QED) is 0.415. The Balaban J connectivity index is 2.26. The molecule has 0 unspecified atom stereocenters.